The fourth-order valence-corrected chi connectivity index (χ4v) is 10.8. The van der Waals surface area contributed by atoms with E-state index in [0.29, 0.717) is 17.5 Å². The van der Waals surface area contributed by atoms with E-state index in [9.17, 15) is 0 Å². The van der Waals surface area contributed by atoms with E-state index in [1.807, 2.05) is 12.1 Å². The molecule has 0 saturated heterocycles. The summed E-state index contributed by atoms with van der Waals surface area (Å²) in [6.07, 6.45) is 0. The van der Waals surface area contributed by atoms with E-state index < -0.39 is 8.07 Å². The highest BCUT2D eigenvalue weighted by Crippen LogP contribution is 2.36. The van der Waals surface area contributed by atoms with Crippen LogP contribution in [0, 0.1) is 0 Å². The lowest BCUT2D eigenvalue weighted by molar-refractivity contribution is 1.08. The van der Waals surface area contributed by atoms with Gasteiger partial charge < -0.3 is 0 Å². The molecule has 0 fully saturated rings. The van der Waals surface area contributed by atoms with Crippen LogP contribution in [0.25, 0.3) is 78.3 Å². The highest BCUT2D eigenvalue weighted by Gasteiger charge is 2.40. The molecule has 1 aliphatic rings. The molecule has 0 aliphatic carbocycles. The van der Waals surface area contributed by atoms with Crippen molar-refractivity contribution in [2.75, 3.05) is 0 Å². The summed E-state index contributed by atoms with van der Waals surface area (Å²) >= 11 is 0. The van der Waals surface area contributed by atoms with Gasteiger partial charge in [-0.3, -0.25) is 0 Å². The van der Waals surface area contributed by atoms with E-state index in [0.717, 1.165) is 33.4 Å². The minimum absolute atomic E-state index is 0.669. The first kappa shape index (κ1) is 29.2. The average molecular weight is 644 g/mol. The van der Waals surface area contributed by atoms with Crippen LogP contribution < -0.4 is 10.4 Å². The Morgan fingerprint density at radius 3 is 1.55 bits per heavy atom. The third-order valence-electron chi connectivity index (χ3n) is 9.89. The maximum atomic E-state index is 5.26. The smallest absolute Gasteiger partial charge is 0.164 e. The van der Waals surface area contributed by atoms with Gasteiger partial charge in [-0.05, 0) is 66.7 Å². The number of aromatic nitrogens is 3. The summed E-state index contributed by atoms with van der Waals surface area (Å²) in [5.74, 6) is 2.05. The van der Waals surface area contributed by atoms with Crippen molar-refractivity contribution in [3.8, 4) is 67.5 Å². The van der Waals surface area contributed by atoms with Gasteiger partial charge in [-0.2, -0.15) is 0 Å². The van der Waals surface area contributed by atoms with Gasteiger partial charge in [0.05, 0.1) is 0 Å². The molecule has 1 aromatic heterocycles. The SMILES string of the molecule is C[Si]1(C)c2cc3ccccc3cc2-c2cccc(-c3nc(-c4ccc(-c5ccccc5)cc4)nc(-c4cccc(-c5ccccc5)c4)n3)c21. The summed E-state index contributed by atoms with van der Waals surface area (Å²) < 4.78 is 0. The van der Waals surface area contributed by atoms with Crippen molar-refractivity contribution in [1.82, 2.24) is 15.0 Å². The maximum absolute atomic E-state index is 5.26. The number of hydrogen-bond donors (Lipinski definition) is 0. The molecule has 0 amide bonds. The maximum Gasteiger partial charge on any atom is 0.164 e. The normalized spacial score (nSPS) is 12.9. The first-order valence-electron chi connectivity index (χ1n) is 16.8. The zero-order chi connectivity index (χ0) is 33.0. The molecule has 0 bridgehead atoms. The highest BCUT2D eigenvalue weighted by molar-refractivity contribution is 7.04. The van der Waals surface area contributed by atoms with Crippen LogP contribution in [0.3, 0.4) is 0 Å². The standard InChI is InChI=1S/C45H33N3Si/c1-49(2)41-29-36-18-10-9-17-35(36)28-40(41)38-21-12-22-39(42(38)49)45-47-43(33-25-23-32(24-26-33)30-13-5-3-6-14-30)46-44(48-45)37-20-11-19-34(27-37)31-15-7-4-8-16-31/h3-29H,1-2H3. The molecule has 3 nitrogen and oxygen atoms in total. The van der Waals surface area contributed by atoms with Crippen LogP contribution in [0.2, 0.25) is 13.1 Å². The second kappa shape index (κ2) is 11.6. The van der Waals surface area contributed by atoms with Gasteiger partial charge in [0.1, 0.15) is 8.07 Å². The van der Waals surface area contributed by atoms with Crippen LogP contribution in [0.4, 0.5) is 0 Å². The van der Waals surface area contributed by atoms with Gasteiger partial charge in [0.2, 0.25) is 0 Å². The fraction of sp³-hybridized carbons (Fsp3) is 0.0444. The average Bonchev–Trinajstić information content (AvgIpc) is 3.39. The van der Waals surface area contributed by atoms with E-state index in [2.05, 4.69) is 165 Å². The number of fused-ring (bicyclic) bond motifs is 4. The van der Waals surface area contributed by atoms with Crippen molar-refractivity contribution >= 4 is 29.2 Å². The summed E-state index contributed by atoms with van der Waals surface area (Å²) in [6, 6.07) is 58.1. The molecule has 8 aromatic rings. The lowest BCUT2D eigenvalue weighted by atomic mass is 9.99. The van der Waals surface area contributed by atoms with Crippen LogP contribution in [0.1, 0.15) is 0 Å². The predicted octanol–water partition coefficient (Wildman–Crippen LogP) is 10.2. The van der Waals surface area contributed by atoms with Crippen molar-refractivity contribution in [3.05, 3.63) is 164 Å². The molecule has 0 spiro atoms. The Bertz CT molecular complexity index is 2510. The number of nitrogens with zero attached hydrogens (tertiary/aromatic N) is 3. The molecule has 2 heterocycles. The van der Waals surface area contributed by atoms with E-state index in [4.69, 9.17) is 15.0 Å². The molecule has 7 aromatic carbocycles. The van der Waals surface area contributed by atoms with Gasteiger partial charge in [-0.1, -0.05) is 165 Å². The monoisotopic (exact) mass is 643 g/mol. The zero-order valence-corrected chi connectivity index (χ0v) is 28.4. The van der Waals surface area contributed by atoms with Crippen LogP contribution in [-0.4, -0.2) is 23.0 Å². The molecular formula is C45H33N3Si. The van der Waals surface area contributed by atoms with Crippen LogP contribution >= 0.6 is 0 Å². The molecule has 1 aliphatic heterocycles. The summed E-state index contributed by atoms with van der Waals surface area (Å²) in [4.78, 5) is 15.6. The summed E-state index contributed by atoms with van der Waals surface area (Å²) in [5, 5.41) is 5.42. The highest BCUT2D eigenvalue weighted by atomic mass is 28.3. The Morgan fingerprint density at radius 1 is 0.347 bits per heavy atom. The molecule has 0 saturated carbocycles. The molecule has 232 valence electrons. The number of rotatable bonds is 5. The van der Waals surface area contributed by atoms with Gasteiger partial charge in [-0.25, -0.2) is 15.0 Å². The van der Waals surface area contributed by atoms with E-state index >= 15 is 0 Å². The minimum atomic E-state index is -2.12. The van der Waals surface area contributed by atoms with Gasteiger partial charge in [0.25, 0.3) is 0 Å². The van der Waals surface area contributed by atoms with Crippen LogP contribution in [0.15, 0.2) is 164 Å². The van der Waals surface area contributed by atoms with Crippen molar-refractivity contribution in [3.63, 3.8) is 0 Å². The molecular weight excluding hydrogens is 611 g/mol. The number of benzene rings is 7. The van der Waals surface area contributed by atoms with E-state index in [1.165, 1.54) is 37.8 Å². The predicted molar refractivity (Wildman–Crippen MR) is 207 cm³/mol. The quantitative estimate of drug-likeness (QED) is 0.175. The van der Waals surface area contributed by atoms with E-state index in [-0.39, 0.29) is 0 Å². The molecule has 49 heavy (non-hydrogen) atoms. The van der Waals surface area contributed by atoms with E-state index in [1.54, 1.807) is 0 Å². The molecule has 0 atom stereocenters. The first-order valence-corrected chi connectivity index (χ1v) is 19.8. The number of hydrogen-bond acceptors (Lipinski definition) is 3. The lowest BCUT2D eigenvalue weighted by Crippen LogP contribution is -2.50. The Balaban J connectivity index is 1.23. The summed E-state index contributed by atoms with van der Waals surface area (Å²) in [7, 11) is -2.12. The Kier molecular flexibility index (Phi) is 6.92. The van der Waals surface area contributed by atoms with Gasteiger partial charge in [-0.15, -0.1) is 0 Å². The molecule has 9 rings (SSSR count). The van der Waals surface area contributed by atoms with Gasteiger partial charge in [0, 0.05) is 16.7 Å². The zero-order valence-electron chi connectivity index (χ0n) is 27.4. The molecule has 0 radical (unpaired) electrons. The Labute approximate surface area is 287 Å². The van der Waals surface area contributed by atoms with Crippen LogP contribution in [-0.2, 0) is 0 Å². The van der Waals surface area contributed by atoms with Crippen molar-refractivity contribution < 1.29 is 0 Å². The molecule has 4 heteroatoms. The third-order valence-corrected chi connectivity index (χ3v) is 13.4. The third kappa shape index (κ3) is 5.09. The topological polar surface area (TPSA) is 38.7 Å². The second-order valence-electron chi connectivity index (χ2n) is 13.3. The Morgan fingerprint density at radius 2 is 0.837 bits per heavy atom. The molecule has 0 unspecified atom stereocenters. The first-order chi connectivity index (χ1) is 24.0. The minimum Gasteiger partial charge on any atom is -0.208 e. The van der Waals surface area contributed by atoms with Crippen molar-refractivity contribution in [2.24, 2.45) is 0 Å². The summed E-state index contributed by atoms with van der Waals surface area (Å²) in [6.45, 7) is 4.93. The van der Waals surface area contributed by atoms with Crippen molar-refractivity contribution in [1.29, 1.82) is 0 Å². The van der Waals surface area contributed by atoms with Gasteiger partial charge in [0.15, 0.2) is 17.5 Å². The van der Waals surface area contributed by atoms with Crippen LogP contribution in [0.5, 0.6) is 0 Å². The largest absolute Gasteiger partial charge is 0.208 e. The fourth-order valence-electron chi connectivity index (χ4n) is 7.42. The molecule has 0 N–H and O–H groups in total. The lowest BCUT2D eigenvalue weighted by Gasteiger charge is -2.22. The summed E-state index contributed by atoms with van der Waals surface area (Å²) in [5.41, 5.74) is 10.3. The van der Waals surface area contributed by atoms with Crippen molar-refractivity contribution in [2.45, 2.75) is 13.1 Å². The van der Waals surface area contributed by atoms with Gasteiger partial charge >= 0.3 is 0 Å². The second-order valence-corrected chi connectivity index (χ2v) is 17.6. The Hall–Kier alpha value is -5.97.